The second-order valence-electron chi connectivity index (χ2n) is 11.0. The number of allylic oxidation sites excluding steroid dienone is 1. The zero-order valence-electron chi connectivity index (χ0n) is 24.9. The number of nitrogens with one attached hydrogen (secondary N) is 2. The standard InChI is InChI=1S/C34H25FN6O5/c1-17-14-20(16-36-30(17)35)23-15-19(10-13-24(23)44-3)26-27-29(22-6-4-5-7-25(22)45-34(27)42)46-33-28(26)32-38-39-40-41(32)31(37-33)18-8-11-21(43-2)12-9-18/h4-16,26,31H,1-3H3,(H,37,38,40)/p+1. The Morgan fingerprint density at radius 2 is 1.78 bits per heavy atom. The molecule has 0 aliphatic carbocycles. The van der Waals surface area contributed by atoms with Crippen molar-refractivity contribution in [1.82, 2.24) is 25.8 Å². The Morgan fingerprint density at radius 3 is 2.57 bits per heavy atom. The van der Waals surface area contributed by atoms with E-state index in [9.17, 15) is 9.18 Å². The van der Waals surface area contributed by atoms with Gasteiger partial charge in [-0.2, -0.15) is 4.39 Å². The fraction of sp³-hybridized carbons (Fsp3) is 0.147. The maximum atomic E-state index is 14.2. The minimum Gasteiger partial charge on any atom is -0.497 e. The van der Waals surface area contributed by atoms with Crippen LogP contribution in [0.2, 0.25) is 0 Å². The van der Waals surface area contributed by atoms with Crippen LogP contribution in [0, 0.1) is 12.9 Å². The number of ether oxygens (including phenoxy) is 3. The molecule has 2 unspecified atom stereocenters. The molecule has 0 fully saturated rings. The van der Waals surface area contributed by atoms with Gasteiger partial charge in [0.2, 0.25) is 11.8 Å². The molecule has 228 valence electrons. The van der Waals surface area contributed by atoms with E-state index >= 15 is 0 Å². The third-order valence-corrected chi connectivity index (χ3v) is 8.43. The smallest absolute Gasteiger partial charge is 0.344 e. The first kappa shape index (κ1) is 27.5. The lowest BCUT2D eigenvalue weighted by Crippen LogP contribution is -2.56. The predicted octanol–water partition coefficient (Wildman–Crippen LogP) is 4.77. The zero-order chi connectivity index (χ0) is 31.5. The number of tetrazole rings is 1. The number of pyridine rings is 1. The number of methoxy groups -OCH3 is 2. The monoisotopic (exact) mass is 617 g/mol. The van der Waals surface area contributed by atoms with Gasteiger partial charge in [-0.05, 0) is 67.1 Å². The van der Waals surface area contributed by atoms with E-state index in [1.54, 1.807) is 44.0 Å². The molecule has 5 heterocycles. The van der Waals surface area contributed by atoms with Crippen molar-refractivity contribution in [2.24, 2.45) is 0 Å². The normalized spacial score (nSPS) is 16.6. The number of benzene rings is 3. The first-order chi connectivity index (χ1) is 22.4. The third-order valence-electron chi connectivity index (χ3n) is 8.43. The average Bonchev–Trinajstić information content (AvgIpc) is 3.58. The zero-order valence-corrected chi connectivity index (χ0v) is 24.9. The summed E-state index contributed by atoms with van der Waals surface area (Å²) < 4.78 is 39.4. The fourth-order valence-electron chi connectivity index (χ4n) is 6.22. The summed E-state index contributed by atoms with van der Waals surface area (Å²) in [6, 6.07) is 22.2. The molecule has 2 atom stereocenters. The number of aromatic nitrogens is 5. The Bertz CT molecular complexity index is 2260. The average molecular weight is 618 g/mol. The largest absolute Gasteiger partial charge is 0.497 e. The number of hydrogen-bond donors (Lipinski definition) is 2. The summed E-state index contributed by atoms with van der Waals surface area (Å²) in [4.78, 5) is 17.8. The topological polar surface area (TPSA) is 128 Å². The van der Waals surface area contributed by atoms with Crippen LogP contribution in [0.15, 0.2) is 94.1 Å². The number of aryl methyl sites for hydroxylation is 1. The molecule has 46 heavy (non-hydrogen) atoms. The minimum absolute atomic E-state index is 0.307. The highest BCUT2D eigenvalue weighted by atomic mass is 19.1. The number of aromatic amines is 1. The third kappa shape index (κ3) is 4.21. The molecule has 3 aromatic heterocycles. The Balaban J connectivity index is 1.37. The van der Waals surface area contributed by atoms with Crippen molar-refractivity contribution < 1.29 is 27.7 Å². The summed E-state index contributed by atoms with van der Waals surface area (Å²) in [5.74, 6) is 1.28. The second kappa shape index (κ2) is 10.5. The van der Waals surface area contributed by atoms with E-state index in [-0.39, 0.29) is 0 Å². The highest BCUT2D eigenvalue weighted by Crippen LogP contribution is 2.49. The van der Waals surface area contributed by atoms with Gasteiger partial charge >= 0.3 is 11.4 Å². The summed E-state index contributed by atoms with van der Waals surface area (Å²) in [7, 11) is 3.18. The van der Waals surface area contributed by atoms with Crippen LogP contribution < -0.4 is 29.8 Å². The number of rotatable bonds is 5. The quantitative estimate of drug-likeness (QED) is 0.160. The molecule has 3 aromatic carbocycles. The van der Waals surface area contributed by atoms with Crippen molar-refractivity contribution in [3.05, 3.63) is 129 Å². The molecule has 2 N–H and O–H groups in total. The molecule has 0 bridgehead atoms. The van der Waals surface area contributed by atoms with Gasteiger partial charge in [0.1, 0.15) is 27.8 Å². The van der Waals surface area contributed by atoms with E-state index in [0.717, 1.165) is 16.9 Å². The van der Waals surface area contributed by atoms with Crippen LogP contribution in [-0.2, 0) is 0 Å². The number of hydrogen-bond acceptors (Lipinski definition) is 9. The number of para-hydroxylation sites is 1. The molecular formula is C34H26FN6O5+. The first-order valence-corrected chi connectivity index (χ1v) is 14.5. The maximum absolute atomic E-state index is 14.2. The van der Waals surface area contributed by atoms with E-state index < -0.39 is 23.7 Å². The maximum Gasteiger partial charge on any atom is 0.344 e. The summed E-state index contributed by atoms with van der Waals surface area (Å²) >= 11 is 0. The SMILES string of the molecule is COc1ccc(C2NC3=C(c4nn[nH][n+]42)C(c2ccc(OC)c(-c4cnc(F)c(C)c4)c2)c2c(c4ccccc4oc2=O)O3)cc1. The summed E-state index contributed by atoms with van der Waals surface area (Å²) in [6.45, 7) is 1.65. The molecule has 6 aromatic rings. The lowest BCUT2D eigenvalue weighted by atomic mass is 9.81. The number of fused-ring (bicyclic) bond motifs is 5. The minimum atomic E-state index is -0.709. The Hall–Kier alpha value is -6.04. The molecule has 12 heteroatoms. The highest BCUT2D eigenvalue weighted by Gasteiger charge is 2.46. The van der Waals surface area contributed by atoms with Gasteiger partial charge in [-0.3, -0.25) is 0 Å². The van der Waals surface area contributed by atoms with Crippen LogP contribution in [0.3, 0.4) is 0 Å². The molecule has 0 radical (unpaired) electrons. The van der Waals surface area contributed by atoms with Crippen LogP contribution >= 0.6 is 0 Å². The van der Waals surface area contributed by atoms with Crippen molar-refractivity contribution in [3.8, 4) is 28.4 Å². The van der Waals surface area contributed by atoms with Gasteiger partial charge in [0.15, 0.2) is 17.1 Å². The van der Waals surface area contributed by atoms with Gasteiger partial charge in [0.05, 0.1) is 31.1 Å². The molecular weight excluding hydrogens is 591 g/mol. The second-order valence-corrected chi connectivity index (χ2v) is 11.0. The van der Waals surface area contributed by atoms with Crippen molar-refractivity contribution in [2.45, 2.75) is 19.0 Å². The molecule has 0 saturated heterocycles. The van der Waals surface area contributed by atoms with Gasteiger partial charge in [-0.25, -0.2) is 9.78 Å². The number of H-pyrrole nitrogens is 1. The number of halogens is 1. The molecule has 2 aliphatic rings. The van der Waals surface area contributed by atoms with Crippen molar-refractivity contribution in [3.63, 3.8) is 0 Å². The van der Waals surface area contributed by atoms with Gasteiger partial charge in [0, 0.05) is 28.5 Å². The Labute approximate surface area is 260 Å². The van der Waals surface area contributed by atoms with Crippen molar-refractivity contribution >= 4 is 16.5 Å². The molecule has 11 nitrogen and oxygen atoms in total. The van der Waals surface area contributed by atoms with Gasteiger partial charge in [0.25, 0.3) is 0 Å². The van der Waals surface area contributed by atoms with Crippen molar-refractivity contribution in [1.29, 1.82) is 0 Å². The highest BCUT2D eigenvalue weighted by molar-refractivity contribution is 5.89. The van der Waals surface area contributed by atoms with Crippen LogP contribution in [-0.4, -0.2) is 34.7 Å². The molecule has 0 spiro atoms. The van der Waals surface area contributed by atoms with Crippen LogP contribution in [0.1, 0.15) is 40.2 Å². The number of nitrogens with zero attached hydrogens (tertiary/aromatic N) is 4. The van der Waals surface area contributed by atoms with Gasteiger partial charge in [-0.15, -0.1) is 4.68 Å². The van der Waals surface area contributed by atoms with Gasteiger partial charge < -0.3 is 23.9 Å². The van der Waals surface area contributed by atoms with E-state index in [1.807, 2.05) is 54.6 Å². The first-order valence-electron chi connectivity index (χ1n) is 14.5. The lowest BCUT2D eigenvalue weighted by molar-refractivity contribution is -0.777. The predicted molar refractivity (Wildman–Crippen MR) is 164 cm³/mol. The lowest BCUT2D eigenvalue weighted by Gasteiger charge is -2.33. The summed E-state index contributed by atoms with van der Waals surface area (Å²) in [6.07, 6.45) is 0.990. The summed E-state index contributed by atoms with van der Waals surface area (Å²) in [5.41, 5.74) is 4.06. The van der Waals surface area contributed by atoms with E-state index in [1.165, 1.54) is 6.20 Å². The molecule has 0 amide bonds. The van der Waals surface area contributed by atoms with Crippen LogP contribution in [0.25, 0.3) is 27.7 Å². The fourth-order valence-corrected chi connectivity index (χ4v) is 6.22. The van der Waals surface area contributed by atoms with E-state index in [0.29, 0.717) is 62.0 Å². The van der Waals surface area contributed by atoms with Crippen molar-refractivity contribution in [2.75, 3.05) is 14.2 Å². The molecule has 2 aliphatic heterocycles. The van der Waals surface area contributed by atoms with Gasteiger partial charge in [-0.1, -0.05) is 23.4 Å². The molecule has 8 rings (SSSR count). The molecule has 0 saturated carbocycles. The van der Waals surface area contributed by atoms with Crippen LogP contribution in [0.5, 0.6) is 17.2 Å². The van der Waals surface area contributed by atoms with E-state index in [4.69, 9.17) is 18.6 Å². The van der Waals surface area contributed by atoms with Crippen LogP contribution in [0.4, 0.5) is 4.39 Å². The van der Waals surface area contributed by atoms with E-state index in [2.05, 4.69) is 25.8 Å². The summed E-state index contributed by atoms with van der Waals surface area (Å²) in [5, 5.41) is 15.8. The Kier molecular flexibility index (Phi) is 6.31. The Morgan fingerprint density at radius 1 is 0.978 bits per heavy atom.